The normalized spacial score (nSPS) is 11.7. The van der Waals surface area contributed by atoms with Crippen LogP contribution in [0.1, 0.15) is 42.3 Å². The molecule has 3 rings (SSSR count). The molecule has 0 bridgehead atoms. The highest BCUT2D eigenvalue weighted by Gasteiger charge is 2.16. The number of hydrogen-bond acceptors (Lipinski definition) is 2. The summed E-state index contributed by atoms with van der Waals surface area (Å²) in [6, 6.07) is 11.9. The molecule has 0 atom stereocenters. The maximum atomic E-state index is 13.6. The van der Waals surface area contributed by atoms with Crippen LogP contribution in [0.2, 0.25) is 0 Å². The Kier molecular flexibility index (Phi) is 4.40. The monoisotopic (exact) mass is 353 g/mol. The van der Waals surface area contributed by atoms with Crippen LogP contribution in [0.5, 0.6) is 0 Å². The molecule has 3 aromatic rings. The number of carboxylic acid groups (broad SMARTS) is 1. The second-order valence-corrected chi connectivity index (χ2v) is 7.41. The van der Waals surface area contributed by atoms with Crippen LogP contribution in [0, 0.1) is 5.82 Å². The molecule has 4 nitrogen and oxygen atoms in total. The van der Waals surface area contributed by atoms with Crippen LogP contribution in [-0.4, -0.2) is 15.6 Å². The molecule has 2 aromatic carbocycles. The molecule has 0 aliphatic rings. The topological polar surface area (TPSA) is 59.3 Å². The van der Waals surface area contributed by atoms with Crippen molar-refractivity contribution in [1.29, 1.82) is 0 Å². The smallest absolute Gasteiger partial charge is 0.341 e. The number of carbonyl (C=O) groups is 1. The van der Waals surface area contributed by atoms with Crippen LogP contribution < -0.4 is 5.43 Å². The van der Waals surface area contributed by atoms with E-state index in [0.29, 0.717) is 12.1 Å². The third-order valence-corrected chi connectivity index (χ3v) is 4.45. The van der Waals surface area contributed by atoms with Crippen LogP contribution in [0.4, 0.5) is 4.39 Å². The van der Waals surface area contributed by atoms with E-state index in [9.17, 15) is 19.1 Å². The molecule has 0 unspecified atom stereocenters. The number of carboxylic acids is 1. The summed E-state index contributed by atoms with van der Waals surface area (Å²) >= 11 is 0. The first-order chi connectivity index (χ1) is 12.2. The summed E-state index contributed by atoms with van der Waals surface area (Å²) < 4.78 is 15.2. The van der Waals surface area contributed by atoms with E-state index in [4.69, 9.17) is 0 Å². The van der Waals surface area contributed by atoms with Crippen molar-refractivity contribution in [3.05, 3.63) is 81.4 Å². The number of rotatable bonds is 3. The van der Waals surface area contributed by atoms with Gasteiger partial charge in [-0.2, -0.15) is 0 Å². The van der Waals surface area contributed by atoms with Gasteiger partial charge in [-0.05, 0) is 34.7 Å². The Balaban J connectivity index is 2.11. The van der Waals surface area contributed by atoms with Gasteiger partial charge in [-0.1, -0.05) is 45.0 Å². The predicted molar refractivity (Wildman–Crippen MR) is 99.4 cm³/mol. The van der Waals surface area contributed by atoms with Gasteiger partial charge in [-0.15, -0.1) is 0 Å². The summed E-state index contributed by atoms with van der Waals surface area (Å²) in [5.41, 5.74) is 1.65. The maximum Gasteiger partial charge on any atom is 0.341 e. The third kappa shape index (κ3) is 3.38. The Morgan fingerprint density at radius 3 is 2.35 bits per heavy atom. The Labute approximate surface area is 150 Å². The van der Waals surface area contributed by atoms with E-state index in [2.05, 4.69) is 20.8 Å². The van der Waals surface area contributed by atoms with Crippen LogP contribution >= 0.6 is 0 Å². The van der Waals surface area contributed by atoms with E-state index in [1.807, 2.05) is 24.3 Å². The zero-order valence-corrected chi connectivity index (χ0v) is 14.9. The number of nitrogens with zero attached hydrogens (tertiary/aromatic N) is 1. The molecule has 5 heteroatoms. The van der Waals surface area contributed by atoms with Crippen LogP contribution in [-0.2, 0) is 12.0 Å². The van der Waals surface area contributed by atoms with Crippen LogP contribution in [0.15, 0.2) is 53.5 Å². The fraction of sp³-hybridized carbons (Fsp3) is 0.238. The van der Waals surface area contributed by atoms with Crippen molar-refractivity contribution < 1.29 is 14.3 Å². The highest BCUT2D eigenvalue weighted by molar-refractivity contribution is 5.92. The minimum absolute atomic E-state index is 0.0383. The van der Waals surface area contributed by atoms with Crippen molar-refractivity contribution in [3.8, 4) is 0 Å². The molecule has 1 aromatic heterocycles. The summed E-state index contributed by atoms with van der Waals surface area (Å²) in [5, 5.41) is 9.37. The Hall–Kier alpha value is -2.95. The van der Waals surface area contributed by atoms with E-state index >= 15 is 0 Å². The molecular formula is C21H20FNO3. The van der Waals surface area contributed by atoms with Gasteiger partial charge >= 0.3 is 5.97 Å². The third-order valence-electron chi connectivity index (χ3n) is 4.45. The van der Waals surface area contributed by atoms with E-state index in [0.717, 1.165) is 11.6 Å². The van der Waals surface area contributed by atoms with Gasteiger partial charge in [0.1, 0.15) is 11.4 Å². The molecule has 134 valence electrons. The molecule has 0 aliphatic heterocycles. The number of benzene rings is 2. The van der Waals surface area contributed by atoms with Crippen LogP contribution in [0.3, 0.4) is 0 Å². The van der Waals surface area contributed by atoms with E-state index in [1.54, 1.807) is 4.57 Å². The number of fused-ring (bicyclic) bond motifs is 1. The molecular weight excluding hydrogens is 333 g/mol. The quantitative estimate of drug-likeness (QED) is 0.768. The summed E-state index contributed by atoms with van der Waals surface area (Å²) in [6.45, 7) is 6.77. The van der Waals surface area contributed by atoms with Crippen molar-refractivity contribution >= 4 is 16.9 Å². The highest BCUT2D eigenvalue weighted by Crippen LogP contribution is 2.23. The first-order valence-corrected chi connectivity index (χ1v) is 8.32. The molecule has 1 heterocycles. The lowest BCUT2D eigenvalue weighted by molar-refractivity contribution is 0.0695. The Bertz CT molecular complexity index is 1040. The van der Waals surface area contributed by atoms with Gasteiger partial charge in [0, 0.05) is 18.1 Å². The summed E-state index contributed by atoms with van der Waals surface area (Å²) in [6.07, 6.45) is 1.32. The molecule has 0 spiro atoms. The molecule has 0 fully saturated rings. The molecule has 0 radical (unpaired) electrons. The van der Waals surface area contributed by atoms with Crippen molar-refractivity contribution in [1.82, 2.24) is 4.57 Å². The van der Waals surface area contributed by atoms with E-state index < -0.39 is 17.2 Å². The van der Waals surface area contributed by atoms with Gasteiger partial charge in [-0.25, -0.2) is 9.18 Å². The SMILES string of the molecule is CC(C)(C)c1ccc(Cn2cc(C(=O)O)c(=O)c3cc(F)ccc32)cc1. The Morgan fingerprint density at radius 2 is 1.77 bits per heavy atom. The van der Waals surface area contributed by atoms with Gasteiger partial charge in [0.25, 0.3) is 0 Å². The van der Waals surface area contributed by atoms with Crippen molar-refractivity contribution in [2.75, 3.05) is 0 Å². The standard InChI is InChI=1S/C21H20FNO3/c1-21(2,3)14-6-4-13(5-7-14)11-23-12-17(20(25)26)19(24)16-10-15(22)8-9-18(16)23/h4-10,12H,11H2,1-3H3,(H,25,26). The summed E-state index contributed by atoms with van der Waals surface area (Å²) in [4.78, 5) is 23.7. The largest absolute Gasteiger partial charge is 0.477 e. The second kappa shape index (κ2) is 6.41. The van der Waals surface area contributed by atoms with Gasteiger partial charge in [0.05, 0.1) is 5.52 Å². The molecule has 0 saturated carbocycles. The fourth-order valence-corrected chi connectivity index (χ4v) is 2.96. The zero-order valence-electron chi connectivity index (χ0n) is 14.9. The van der Waals surface area contributed by atoms with Crippen molar-refractivity contribution in [2.45, 2.75) is 32.7 Å². The minimum atomic E-state index is -1.32. The molecule has 0 saturated heterocycles. The second-order valence-electron chi connectivity index (χ2n) is 7.41. The molecule has 1 N–H and O–H groups in total. The molecule has 26 heavy (non-hydrogen) atoms. The number of aromatic carboxylic acids is 1. The number of halogens is 1. The summed E-state index contributed by atoms with van der Waals surface area (Å²) in [5.74, 6) is -1.89. The van der Waals surface area contributed by atoms with Crippen molar-refractivity contribution in [2.24, 2.45) is 0 Å². The number of pyridine rings is 1. The number of hydrogen-bond donors (Lipinski definition) is 1. The minimum Gasteiger partial charge on any atom is -0.477 e. The lowest BCUT2D eigenvalue weighted by Crippen LogP contribution is -2.19. The zero-order chi connectivity index (χ0) is 19.1. The Morgan fingerprint density at radius 1 is 1.12 bits per heavy atom. The van der Waals surface area contributed by atoms with E-state index in [-0.39, 0.29) is 16.4 Å². The van der Waals surface area contributed by atoms with Crippen molar-refractivity contribution in [3.63, 3.8) is 0 Å². The maximum absolute atomic E-state index is 13.6. The molecule has 0 amide bonds. The van der Waals surface area contributed by atoms with Gasteiger partial charge < -0.3 is 9.67 Å². The molecule has 0 aliphatic carbocycles. The summed E-state index contributed by atoms with van der Waals surface area (Å²) in [7, 11) is 0. The average Bonchev–Trinajstić information content (AvgIpc) is 2.57. The first-order valence-electron chi connectivity index (χ1n) is 8.32. The lowest BCUT2D eigenvalue weighted by Gasteiger charge is -2.19. The fourth-order valence-electron chi connectivity index (χ4n) is 2.96. The van der Waals surface area contributed by atoms with Crippen LogP contribution in [0.25, 0.3) is 10.9 Å². The van der Waals surface area contributed by atoms with Gasteiger partial charge in [-0.3, -0.25) is 4.79 Å². The predicted octanol–water partition coefficient (Wildman–Crippen LogP) is 4.18. The highest BCUT2D eigenvalue weighted by atomic mass is 19.1. The lowest BCUT2D eigenvalue weighted by atomic mass is 9.87. The average molecular weight is 353 g/mol. The number of aromatic nitrogens is 1. The van der Waals surface area contributed by atoms with E-state index in [1.165, 1.54) is 23.9 Å². The van der Waals surface area contributed by atoms with Gasteiger partial charge in [0.2, 0.25) is 5.43 Å². The van der Waals surface area contributed by atoms with Gasteiger partial charge in [0.15, 0.2) is 0 Å². The first kappa shape index (κ1) is 17.9.